The second-order valence-corrected chi connectivity index (χ2v) is 3.81. The Morgan fingerprint density at radius 3 is 2.67 bits per heavy atom. The van der Waals surface area contributed by atoms with E-state index in [-0.39, 0.29) is 4.90 Å². The first-order chi connectivity index (χ1) is 5.75. The van der Waals surface area contributed by atoms with Gasteiger partial charge in [0.1, 0.15) is 5.82 Å². The molecular weight excluding hydrogens is 177 g/mol. The van der Waals surface area contributed by atoms with Crippen molar-refractivity contribution in [3.63, 3.8) is 0 Å². The molecule has 12 heavy (non-hydrogen) atoms. The zero-order chi connectivity index (χ0) is 8.97. The molecule has 66 valence electrons. The quantitative estimate of drug-likeness (QED) is 0.763. The van der Waals surface area contributed by atoms with Crippen molar-refractivity contribution in [3.8, 4) is 0 Å². The molecule has 0 spiro atoms. The molecule has 0 aliphatic carbocycles. The lowest BCUT2D eigenvalue weighted by molar-refractivity contribution is 0.595. The predicted octanol–water partition coefficient (Wildman–Crippen LogP) is 0.892. The lowest BCUT2D eigenvalue weighted by Crippen LogP contribution is -2.11. The summed E-state index contributed by atoms with van der Waals surface area (Å²) in [5, 5.41) is 0. The van der Waals surface area contributed by atoms with Crippen LogP contribution < -0.4 is 5.73 Å². The van der Waals surface area contributed by atoms with Crippen molar-refractivity contribution in [2.45, 2.75) is 4.90 Å². The molecule has 0 bridgehead atoms. The summed E-state index contributed by atoms with van der Waals surface area (Å²) in [5.74, 6) is -0.120. The average molecular weight is 187 g/mol. The van der Waals surface area contributed by atoms with Crippen LogP contribution in [-0.2, 0) is 10.8 Å². The maximum atomic E-state index is 12.9. The van der Waals surface area contributed by atoms with E-state index in [9.17, 15) is 8.60 Å². The SMILES string of the molecule is NCCS(=O)c1ccccc1F. The van der Waals surface area contributed by atoms with Crippen LogP contribution in [0.4, 0.5) is 4.39 Å². The van der Waals surface area contributed by atoms with E-state index < -0.39 is 16.6 Å². The molecule has 0 heterocycles. The minimum Gasteiger partial charge on any atom is -0.330 e. The second-order valence-electron chi connectivity index (χ2n) is 2.27. The highest BCUT2D eigenvalue weighted by atomic mass is 32.2. The van der Waals surface area contributed by atoms with Gasteiger partial charge >= 0.3 is 0 Å². The minimum absolute atomic E-state index is 0.239. The summed E-state index contributed by atoms with van der Waals surface area (Å²) in [4.78, 5) is 0.239. The van der Waals surface area contributed by atoms with Crippen molar-refractivity contribution in [1.29, 1.82) is 0 Å². The molecule has 2 N–H and O–H groups in total. The molecule has 0 radical (unpaired) electrons. The smallest absolute Gasteiger partial charge is 0.139 e. The summed E-state index contributed by atoms with van der Waals surface area (Å²) in [6, 6.07) is 6.04. The first-order valence-electron chi connectivity index (χ1n) is 3.58. The van der Waals surface area contributed by atoms with Crippen LogP contribution in [0, 0.1) is 5.82 Å². The van der Waals surface area contributed by atoms with Gasteiger partial charge < -0.3 is 5.73 Å². The van der Waals surface area contributed by atoms with E-state index in [1.807, 2.05) is 0 Å². The molecule has 0 amide bonds. The number of hydrogen-bond donors (Lipinski definition) is 1. The van der Waals surface area contributed by atoms with Crippen molar-refractivity contribution in [3.05, 3.63) is 30.1 Å². The lowest BCUT2D eigenvalue weighted by Gasteiger charge is -2.00. The lowest BCUT2D eigenvalue weighted by atomic mass is 10.3. The molecule has 0 aliphatic heterocycles. The third-order valence-corrected chi connectivity index (χ3v) is 2.81. The van der Waals surface area contributed by atoms with E-state index in [1.54, 1.807) is 12.1 Å². The van der Waals surface area contributed by atoms with Crippen LogP contribution in [0.15, 0.2) is 29.2 Å². The Morgan fingerprint density at radius 1 is 1.42 bits per heavy atom. The average Bonchev–Trinajstić information content (AvgIpc) is 2.05. The maximum absolute atomic E-state index is 12.9. The first-order valence-corrected chi connectivity index (χ1v) is 4.90. The molecule has 1 atom stereocenters. The van der Waals surface area contributed by atoms with Crippen LogP contribution in [-0.4, -0.2) is 16.5 Å². The van der Waals surface area contributed by atoms with Crippen molar-refractivity contribution >= 4 is 10.8 Å². The highest BCUT2D eigenvalue weighted by Gasteiger charge is 2.06. The molecule has 1 unspecified atom stereocenters. The normalized spacial score (nSPS) is 12.8. The topological polar surface area (TPSA) is 43.1 Å². The Hall–Kier alpha value is -0.740. The Kier molecular flexibility index (Phi) is 3.37. The Labute approximate surface area is 73.0 Å². The van der Waals surface area contributed by atoms with Crippen molar-refractivity contribution < 1.29 is 8.60 Å². The van der Waals surface area contributed by atoms with Crippen LogP contribution in [0.25, 0.3) is 0 Å². The predicted molar refractivity (Wildman–Crippen MR) is 46.7 cm³/mol. The molecule has 0 fully saturated rings. The van der Waals surface area contributed by atoms with Crippen LogP contribution in [0.5, 0.6) is 0 Å². The Morgan fingerprint density at radius 2 is 2.08 bits per heavy atom. The van der Waals surface area contributed by atoms with Crippen molar-refractivity contribution in [2.75, 3.05) is 12.3 Å². The van der Waals surface area contributed by atoms with Gasteiger partial charge in [-0.1, -0.05) is 12.1 Å². The van der Waals surface area contributed by atoms with Gasteiger partial charge in [-0.05, 0) is 12.1 Å². The molecule has 4 heteroatoms. The zero-order valence-corrected chi connectivity index (χ0v) is 7.31. The molecule has 0 aliphatic rings. The van der Waals surface area contributed by atoms with Crippen LogP contribution in [0.2, 0.25) is 0 Å². The van der Waals surface area contributed by atoms with Crippen LogP contribution in [0.1, 0.15) is 0 Å². The zero-order valence-electron chi connectivity index (χ0n) is 6.50. The van der Waals surface area contributed by atoms with Crippen molar-refractivity contribution in [2.24, 2.45) is 5.73 Å². The third kappa shape index (κ3) is 2.12. The van der Waals surface area contributed by atoms with E-state index in [4.69, 9.17) is 5.73 Å². The van der Waals surface area contributed by atoms with E-state index in [0.29, 0.717) is 12.3 Å². The number of rotatable bonds is 3. The largest absolute Gasteiger partial charge is 0.330 e. The molecular formula is C8H10FNOS. The van der Waals surface area contributed by atoms with Gasteiger partial charge in [-0.3, -0.25) is 4.21 Å². The van der Waals surface area contributed by atoms with Gasteiger partial charge in [-0.15, -0.1) is 0 Å². The Bertz CT molecular complexity index is 290. The highest BCUT2D eigenvalue weighted by molar-refractivity contribution is 7.85. The standard InChI is InChI=1S/C8H10FNOS/c9-7-3-1-2-4-8(7)12(11)6-5-10/h1-4H,5-6,10H2. The summed E-state index contributed by atoms with van der Waals surface area (Å²) in [7, 11) is -1.30. The number of hydrogen-bond acceptors (Lipinski definition) is 2. The van der Waals surface area contributed by atoms with E-state index in [1.165, 1.54) is 12.1 Å². The Balaban J connectivity index is 2.87. The summed E-state index contributed by atoms with van der Waals surface area (Å²) < 4.78 is 24.2. The van der Waals surface area contributed by atoms with Crippen LogP contribution in [0.3, 0.4) is 0 Å². The molecule has 0 saturated carbocycles. The van der Waals surface area contributed by atoms with Gasteiger partial charge in [0.05, 0.1) is 15.7 Å². The molecule has 0 aromatic heterocycles. The van der Waals surface area contributed by atoms with E-state index in [2.05, 4.69) is 0 Å². The molecule has 1 aromatic carbocycles. The number of benzene rings is 1. The molecule has 2 nitrogen and oxygen atoms in total. The van der Waals surface area contributed by atoms with Gasteiger partial charge in [0.25, 0.3) is 0 Å². The fourth-order valence-electron chi connectivity index (χ4n) is 0.846. The maximum Gasteiger partial charge on any atom is 0.139 e. The number of nitrogens with two attached hydrogens (primary N) is 1. The summed E-state index contributed by atoms with van der Waals surface area (Å²) in [6.45, 7) is 0.306. The minimum atomic E-state index is -1.30. The monoisotopic (exact) mass is 187 g/mol. The summed E-state index contributed by atoms with van der Waals surface area (Å²) in [6.07, 6.45) is 0. The van der Waals surface area contributed by atoms with Crippen molar-refractivity contribution in [1.82, 2.24) is 0 Å². The summed E-state index contributed by atoms with van der Waals surface area (Å²) >= 11 is 0. The second kappa shape index (κ2) is 4.33. The fraction of sp³-hybridized carbons (Fsp3) is 0.250. The first kappa shape index (κ1) is 9.35. The highest BCUT2D eigenvalue weighted by Crippen LogP contribution is 2.10. The summed E-state index contributed by atoms with van der Waals surface area (Å²) in [5.41, 5.74) is 5.20. The molecule has 1 aromatic rings. The third-order valence-electron chi connectivity index (χ3n) is 1.39. The van der Waals surface area contributed by atoms with Gasteiger partial charge in [0.2, 0.25) is 0 Å². The van der Waals surface area contributed by atoms with Crippen LogP contribution >= 0.6 is 0 Å². The molecule has 0 saturated heterocycles. The molecule has 1 rings (SSSR count). The number of halogens is 1. The fourth-order valence-corrected chi connectivity index (χ4v) is 1.80. The van der Waals surface area contributed by atoms with E-state index >= 15 is 0 Å². The van der Waals surface area contributed by atoms with E-state index in [0.717, 1.165) is 0 Å². The van der Waals surface area contributed by atoms with Gasteiger partial charge in [-0.25, -0.2) is 4.39 Å². The van der Waals surface area contributed by atoms with Gasteiger partial charge in [0.15, 0.2) is 0 Å². The van der Waals surface area contributed by atoms with Gasteiger partial charge in [-0.2, -0.15) is 0 Å². The van der Waals surface area contributed by atoms with Gasteiger partial charge in [0, 0.05) is 12.3 Å².